The first-order valence-corrected chi connectivity index (χ1v) is 10.5. The lowest BCUT2D eigenvalue weighted by Crippen LogP contribution is -2.04. The highest BCUT2D eigenvalue weighted by Crippen LogP contribution is 2.28. The van der Waals surface area contributed by atoms with Gasteiger partial charge in [-0.2, -0.15) is 0 Å². The number of furan rings is 1. The molecule has 2 aromatic heterocycles. The number of rotatable bonds is 7. The van der Waals surface area contributed by atoms with Gasteiger partial charge >= 0.3 is 5.97 Å². The third-order valence-corrected chi connectivity index (χ3v) is 5.69. The first-order chi connectivity index (χ1) is 14.7. The Morgan fingerprint density at radius 3 is 2.60 bits per heavy atom. The highest BCUT2D eigenvalue weighted by Gasteiger charge is 2.19. The summed E-state index contributed by atoms with van der Waals surface area (Å²) in [6.07, 6.45) is 2.11. The van der Waals surface area contributed by atoms with E-state index in [1.54, 1.807) is 6.07 Å². The minimum absolute atomic E-state index is 0.201. The zero-order chi connectivity index (χ0) is 20.9. The Morgan fingerprint density at radius 2 is 1.87 bits per heavy atom. The number of ether oxygens (including phenoxy) is 1. The van der Waals surface area contributed by atoms with Crippen molar-refractivity contribution in [2.24, 2.45) is 0 Å². The number of methoxy groups -OCH3 is 1. The van der Waals surface area contributed by atoms with Gasteiger partial charge in [-0.1, -0.05) is 53.7 Å². The van der Waals surface area contributed by atoms with Crippen LogP contribution in [-0.2, 0) is 16.9 Å². The molecular formula is C22H18ClN3O3S. The van der Waals surface area contributed by atoms with Crippen LogP contribution in [0.25, 0.3) is 5.69 Å². The monoisotopic (exact) mass is 439 g/mol. The van der Waals surface area contributed by atoms with E-state index in [0.29, 0.717) is 22.4 Å². The molecule has 0 aliphatic carbocycles. The van der Waals surface area contributed by atoms with Crippen LogP contribution in [0.2, 0.25) is 5.02 Å². The highest BCUT2D eigenvalue weighted by atomic mass is 35.5. The molecule has 0 saturated carbocycles. The first kappa shape index (κ1) is 20.3. The van der Waals surface area contributed by atoms with Crippen LogP contribution < -0.4 is 0 Å². The summed E-state index contributed by atoms with van der Waals surface area (Å²) in [5.74, 6) is 0.996. The molecule has 0 saturated heterocycles. The molecule has 0 aliphatic rings. The van der Waals surface area contributed by atoms with Gasteiger partial charge in [0.1, 0.15) is 5.82 Å². The van der Waals surface area contributed by atoms with E-state index in [1.165, 1.54) is 25.1 Å². The largest absolute Gasteiger partial charge is 0.463 e. The number of nitrogens with zero attached hydrogens (tertiary/aromatic N) is 3. The van der Waals surface area contributed by atoms with E-state index in [1.807, 2.05) is 47.0 Å². The van der Waals surface area contributed by atoms with Crippen molar-refractivity contribution in [2.75, 3.05) is 7.11 Å². The van der Waals surface area contributed by atoms with Crippen LogP contribution in [0.15, 0.2) is 76.5 Å². The van der Waals surface area contributed by atoms with Crippen LogP contribution in [-0.4, -0.2) is 27.8 Å². The Kier molecular flexibility index (Phi) is 6.21. The summed E-state index contributed by atoms with van der Waals surface area (Å²) in [6, 6.07) is 19.4. The van der Waals surface area contributed by atoms with Crippen molar-refractivity contribution in [1.29, 1.82) is 0 Å². The van der Waals surface area contributed by atoms with Gasteiger partial charge in [-0.05, 0) is 35.9 Å². The lowest BCUT2D eigenvalue weighted by molar-refractivity contribution is 0.0564. The van der Waals surface area contributed by atoms with E-state index < -0.39 is 5.97 Å². The topological polar surface area (TPSA) is 70.2 Å². The minimum Gasteiger partial charge on any atom is -0.463 e. The van der Waals surface area contributed by atoms with Crippen molar-refractivity contribution in [3.05, 3.63) is 94.7 Å². The van der Waals surface area contributed by atoms with Crippen molar-refractivity contribution in [1.82, 2.24) is 14.8 Å². The summed E-state index contributed by atoms with van der Waals surface area (Å²) in [7, 11) is 1.33. The molecule has 6 nitrogen and oxygen atoms in total. The molecule has 0 aliphatic heterocycles. The van der Waals surface area contributed by atoms with Gasteiger partial charge < -0.3 is 9.15 Å². The van der Waals surface area contributed by atoms with Crippen LogP contribution in [0, 0.1) is 0 Å². The number of carbonyl (C=O) groups excluding carboxylic acids is 1. The van der Waals surface area contributed by atoms with Crippen LogP contribution in [0.1, 0.15) is 27.5 Å². The molecule has 8 heteroatoms. The normalized spacial score (nSPS) is 10.9. The van der Waals surface area contributed by atoms with Gasteiger partial charge in [0.2, 0.25) is 5.76 Å². The second kappa shape index (κ2) is 9.19. The average molecular weight is 440 g/mol. The predicted octanol–water partition coefficient (Wildman–Crippen LogP) is 5.18. The number of thioether (sulfide) groups is 1. The van der Waals surface area contributed by atoms with Gasteiger partial charge in [-0.15, -0.1) is 10.2 Å². The van der Waals surface area contributed by atoms with Gasteiger partial charge in [0.05, 0.1) is 13.4 Å². The summed E-state index contributed by atoms with van der Waals surface area (Å²) in [6.45, 7) is 0. The lowest BCUT2D eigenvalue weighted by atomic mass is 10.1. The molecular weight excluding hydrogens is 422 g/mol. The van der Waals surface area contributed by atoms with Gasteiger partial charge in [-0.25, -0.2) is 4.79 Å². The van der Waals surface area contributed by atoms with E-state index in [9.17, 15) is 4.79 Å². The summed E-state index contributed by atoms with van der Waals surface area (Å²) < 4.78 is 12.1. The Hall–Kier alpha value is -3.03. The molecule has 0 atom stereocenters. The molecule has 0 amide bonds. The zero-order valence-corrected chi connectivity index (χ0v) is 17.7. The first-order valence-electron chi connectivity index (χ1n) is 9.17. The second-order valence-corrected chi connectivity index (χ2v) is 7.81. The molecule has 4 rings (SSSR count). The number of esters is 1. The van der Waals surface area contributed by atoms with Crippen molar-refractivity contribution in [3.63, 3.8) is 0 Å². The number of hydrogen-bond donors (Lipinski definition) is 0. The van der Waals surface area contributed by atoms with Crippen LogP contribution >= 0.6 is 23.4 Å². The Labute approximate surface area is 182 Å². The minimum atomic E-state index is -0.500. The van der Waals surface area contributed by atoms with Crippen molar-refractivity contribution < 1.29 is 13.9 Å². The molecule has 0 spiro atoms. The fraction of sp³-hybridized carbons (Fsp3) is 0.136. The number of hydrogen-bond acceptors (Lipinski definition) is 6. The number of aromatic nitrogens is 3. The van der Waals surface area contributed by atoms with E-state index in [0.717, 1.165) is 22.6 Å². The SMILES string of the molecule is COC(=O)c1occc1CSc1nnc(Cc2ccccc2)n1-c1ccc(Cl)cc1. The van der Waals surface area contributed by atoms with Crippen LogP contribution in [0.3, 0.4) is 0 Å². The van der Waals surface area contributed by atoms with Gasteiger partial charge in [-0.3, -0.25) is 4.57 Å². The fourth-order valence-corrected chi connectivity index (χ4v) is 4.08. The summed E-state index contributed by atoms with van der Waals surface area (Å²) in [4.78, 5) is 11.9. The van der Waals surface area contributed by atoms with E-state index in [2.05, 4.69) is 22.3 Å². The maximum Gasteiger partial charge on any atom is 0.374 e. The molecule has 0 fully saturated rings. The maximum atomic E-state index is 11.9. The quantitative estimate of drug-likeness (QED) is 0.292. The Morgan fingerprint density at radius 1 is 1.10 bits per heavy atom. The number of halogens is 1. The predicted molar refractivity (Wildman–Crippen MR) is 115 cm³/mol. The van der Waals surface area contributed by atoms with Crippen molar-refractivity contribution in [2.45, 2.75) is 17.3 Å². The maximum absolute atomic E-state index is 11.9. The third kappa shape index (κ3) is 4.42. The summed E-state index contributed by atoms with van der Waals surface area (Å²) >= 11 is 7.54. The van der Waals surface area contributed by atoms with Crippen LogP contribution in [0.5, 0.6) is 0 Å². The van der Waals surface area contributed by atoms with Gasteiger partial charge in [0.25, 0.3) is 0 Å². The van der Waals surface area contributed by atoms with Crippen molar-refractivity contribution in [3.8, 4) is 5.69 Å². The number of benzene rings is 2. The molecule has 30 heavy (non-hydrogen) atoms. The summed E-state index contributed by atoms with van der Waals surface area (Å²) in [5, 5.41) is 10.2. The molecule has 4 aromatic rings. The average Bonchev–Trinajstić information content (AvgIpc) is 3.40. The molecule has 0 N–H and O–H groups in total. The van der Waals surface area contributed by atoms with Crippen LogP contribution in [0.4, 0.5) is 0 Å². The summed E-state index contributed by atoms with van der Waals surface area (Å²) in [5.41, 5.74) is 2.79. The standard InChI is InChI=1S/C22H18ClN3O3S/c1-28-21(27)20-16(11-12-29-20)14-30-22-25-24-19(13-15-5-3-2-4-6-15)26(22)18-9-7-17(23)8-10-18/h2-12H,13-14H2,1H3. The fourth-order valence-electron chi connectivity index (χ4n) is 3.00. The van der Waals surface area contributed by atoms with E-state index >= 15 is 0 Å². The van der Waals surface area contributed by atoms with Crippen molar-refractivity contribution >= 4 is 29.3 Å². The molecule has 2 aromatic carbocycles. The molecule has 152 valence electrons. The van der Waals surface area contributed by atoms with Gasteiger partial charge in [0, 0.05) is 28.4 Å². The number of carbonyl (C=O) groups is 1. The van der Waals surface area contributed by atoms with E-state index in [-0.39, 0.29) is 5.76 Å². The molecule has 0 radical (unpaired) electrons. The molecule has 2 heterocycles. The Balaban J connectivity index is 1.65. The molecule has 0 bridgehead atoms. The molecule has 0 unspecified atom stereocenters. The van der Waals surface area contributed by atoms with E-state index in [4.69, 9.17) is 20.8 Å². The highest BCUT2D eigenvalue weighted by molar-refractivity contribution is 7.98. The second-order valence-electron chi connectivity index (χ2n) is 6.43. The lowest BCUT2D eigenvalue weighted by Gasteiger charge is -2.10. The van der Waals surface area contributed by atoms with Gasteiger partial charge in [0.15, 0.2) is 5.16 Å². The zero-order valence-electron chi connectivity index (χ0n) is 16.1. The Bertz CT molecular complexity index is 1140. The third-order valence-electron chi connectivity index (χ3n) is 4.46. The smallest absolute Gasteiger partial charge is 0.374 e.